The van der Waals surface area contributed by atoms with E-state index in [2.05, 4.69) is 4.98 Å². The van der Waals surface area contributed by atoms with E-state index in [-0.39, 0.29) is 9.26 Å². The maximum Gasteiger partial charge on any atom is 0.281 e. The fourth-order valence-corrected chi connectivity index (χ4v) is 1.83. The van der Waals surface area contributed by atoms with E-state index < -0.39 is 6.43 Å². The number of nitrogens with zero attached hydrogens (tertiary/aromatic N) is 1. The van der Waals surface area contributed by atoms with Gasteiger partial charge in [-0.15, -0.1) is 0 Å². The summed E-state index contributed by atoms with van der Waals surface area (Å²) >= 11 is 1.71. The summed E-state index contributed by atoms with van der Waals surface area (Å²) in [6.45, 7) is 1.66. The number of alkyl halides is 2. The Morgan fingerprint density at radius 2 is 2.23 bits per heavy atom. The van der Waals surface area contributed by atoms with Crippen molar-refractivity contribution in [3.8, 4) is 0 Å². The van der Waals surface area contributed by atoms with Gasteiger partial charge in [-0.05, 0) is 35.1 Å². The lowest BCUT2D eigenvalue weighted by molar-refractivity contribution is 0.112. The van der Waals surface area contributed by atoms with Gasteiger partial charge in [0.15, 0.2) is 6.29 Å². The zero-order valence-electron chi connectivity index (χ0n) is 6.72. The first-order valence-electron chi connectivity index (χ1n) is 3.46. The second kappa shape index (κ2) is 4.08. The van der Waals surface area contributed by atoms with Crippen molar-refractivity contribution in [3.05, 3.63) is 26.6 Å². The van der Waals surface area contributed by atoms with Crippen LogP contribution >= 0.6 is 22.6 Å². The summed E-state index contributed by atoms with van der Waals surface area (Å²) < 4.78 is 24.8. The molecule has 0 aliphatic rings. The fourth-order valence-electron chi connectivity index (χ4n) is 0.900. The van der Waals surface area contributed by atoms with Crippen molar-refractivity contribution in [2.45, 2.75) is 13.3 Å². The Kier molecular flexibility index (Phi) is 3.29. The van der Waals surface area contributed by atoms with Gasteiger partial charge in [0.1, 0.15) is 5.69 Å². The molecule has 0 unspecified atom stereocenters. The first-order valence-corrected chi connectivity index (χ1v) is 4.54. The summed E-state index contributed by atoms with van der Waals surface area (Å²) in [6.07, 6.45) is -0.774. The number of carbonyl (C=O) groups is 1. The quantitative estimate of drug-likeness (QED) is 0.620. The number of halogens is 3. The standard InChI is InChI=1S/C8H6F2INO/c1-4-2-12-7(8(9)10)6(11)5(4)3-13/h2-3,8H,1H3. The van der Waals surface area contributed by atoms with Crippen LogP contribution in [0, 0.1) is 10.5 Å². The van der Waals surface area contributed by atoms with Crippen LogP contribution in [0.4, 0.5) is 8.78 Å². The molecule has 13 heavy (non-hydrogen) atoms. The molecule has 1 rings (SSSR count). The average Bonchev–Trinajstić information content (AvgIpc) is 2.04. The molecule has 0 atom stereocenters. The van der Waals surface area contributed by atoms with Crippen LogP contribution in [0.2, 0.25) is 0 Å². The normalized spacial score (nSPS) is 10.5. The molecule has 0 bridgehead atoms. The largest absolute Gasteiger partial charge is 0.298 e. The van der Waals surface area contributed by atoms with Crippen LogP contribution in [-0.4, -0.2) is 11.3 Å². The first-order chi connectivity index (χ1) is 6.07. The van der Waals surface area contributed by atoms with Crippen molar-refractivity contribution in [1.29, 1.82) is 0 Å². The molecule has 70 valence electrons. The summed E-state index contributed by atoms with van der Waals surface area (Å²) in [5, 5.41) is 0. The lowest BCUT2D eigenvalue weighted by atomic mass is 10.1. The van der Waals surface area contributed by atoms with Gasteiger partial charge in [-0.1, -0.05) is 0 Å². The molecule has 0 fully saturated rings. The Morgan fingerprint density at radius 1 is 1.62 bits per heavy atom. The molecule has 2 nitrogen and oxygen atoms in total. The Labute approximate surface area is 87.5 Å². The number of aldehydes is 1. The lowest BCUT2D eigenvalue weighted by Crippen LogP contribution is -2.01. The predicted octanol–water partition coefficient (Wildman–Crippen LogP) is 2.74. The van der Waals surface area contributed by atoms with Gasteiger partial charge in [0, 0.05) is 11.8 Å². The number of hydrogen-bond acceptors (Lipinski definition) is 2. The molecule has 1 heterocycles. The second-order valence-electron chi connectivity index (χ2n) is 2.47. The molecule has 0 N–H and O–H groups in total. The molecule has 0 spiro atoms. The van der Waals surface area contributed by atoms with Crippen LogP contribution < -0.4 is 0 Å². The molecular formula is C8H6F2INO. The molecule has 0 radical (unpaired) electrons. The molecule has 0 aliphatic carbocycles. The van der Waals surface area contributed by atoms with Crippen molar-refractivity contribution in [3.63, 3.8) is 0 Å². The SMILES string of the molecule is Cc1cnc(C(F)F)c(I)c1C=O. The van der Waals surface area contributed by atoms with E-state index in [4.69, 9.17) is 0 Å². The third-order valence-electron chi connectivity index (χ3n) is 1.61. The molecule has 0 aliphatic heterocycles. The highest BCUT2D eigenvalue weighted by atomic mass is 127. The Hall–Kier alpha value is -0.590. The summed E-state index contributed by atoms with van der Waals surface area (Å²) in [7, 11) is 0. The number of aromatic nitrogens is 1. The van der Waals surface area contributed by atoms with Gasteiger partial charge in [0.05, 0.1) is 3.57 Å². The highest BCUT2D eigenvalue weighted by molar-refractivity contribution is 14.1. The number of hydrogen-bond donors (Lipinski definition) is 0. The van der Waals surface area contributed by atoms with Gasteiger partial charge < -0.3 is 0 Å². The Balaban J connectivity index is 3.35. The summed E-state index contributed by atoms with van der Waals surface area (Å²) in [4.78, 5) is 14.1. The first kappa shape index (κ1) is 10.5. The van der Waals surface area contributed by atoms with Crippen LogP contribution in [0.25, 0.3) is 0 Å². The van der Waals surface area contributed by atoms with Gasteiger partial charge in [-0.3, -0.25) is 9.78 Å². The van der Waals surface area contributed by atoms with Crippen LogP contribution in [0.3, 0.4) is 0 Å². The van der Waals surface area contributed by atoms with Crippen LogP contribution in [0.1, 0.15) is 28.0 Å². The summed E-state index contributed by atoms with van der Waals surface area (Å²) in [5.41, 5.74) is 0.586. The van der Waals surface area contributed by atoms with Crippen LogP contribution in [0.5, 0.6) is 0 Å². The molecule has 1 aromatic rings. The van der Waals surface area contributed by atoms with E-state index in [0.29, 0.717) is 17.4 Å². The van der Waals surface area contributed by atoms with Crippen LogP contribution in [-0.2, 0) is 0 Å². The number of aryl methyl sites for hydroxylation is 1. The third kappa shape index (κ3) is 2.01. The summed E-state index contributed by atoms with van der Waals surface area (Å²) in [6, 6.07) is 0. The zero-order chi connectivity index (χ0) is 10.0. The minimum Gasteiger partial charge on any atom is -0.298 e. The molecule has 0 aromatic carbocycles. The van der Waals surface area contributed by atoms with E-state index in [1.165, 1.54) is 6.20 Å². The van der Waals surface area contributed by atoms with Gasteiger partial charge in [0.2, 0.25) is 0 Å². The van der Waals surface area contributed by atoms with Gasteiger partial charge >= 0.3 is 0 Å². The van der Waals surface area contributed by atoms with Crippen molar-refractivity contribution < 1.29 is 13.6 Å². The molecule has 0 amide bonds. The third-order valence-corrected chi connectivity index (χ3v) is 2.74. The van der Waals surface area contributed by atoms with E-state index in [9.17, 15) is 13.6 Å². The molecule has 1 aromatic heterocycles. The van der Waals surface area contributed by atoms with E-state index in [1.807, 2.05) is 0 Å². The second-order valence-corrected chi connectivity index (χ2v) is 3.55. The fraction of sp³-hybridized carbons (Fsp3) is 0.250. The minimum absolute atomic E-state index is 0.239. The van der Waals surface area contributed by atoms with E-state index in [1.54, 1.807) is 29.5 Å². The van der Waals surface area contributed by atoms with Gasteiger partial charge in [0.25, 0.3) is 6.43 Å². The maximum atomic E-state index is 12.3. The highest BCUT2D eigenvalue weighted by Gasteiger charge is 2.17. The average molecular weight is 297 g/mol. The predicted molar refractivity (Wildman–Crippen MR) is 52.0 cm³/mol. The van der Waals surface area contributed by atoms with E-state index in [0.717, 1.165) is 0 Å². The molecule has 0 saturated carbocycles. The van der Waals surface area contributed by atoms with Crippen molar-refractivity contribution >= 4 is 28.9 Å². The lowest BCUT2D eigenvalue weighted by Gasteiger charge is -2.06. The van der Waals surface area contributed by atoms with Crippen molar-refractivity contribution in [1.82, 2.24) is 4.98 Å². The number of rotatable bonds is 2. The van der Waals surface area contributed by atoms with Gasteiger partial charge in [-0.25, -0.2) is 8.78 Å². The highest BCUT2D eigenvalue weighted by Crippen LogP contribution is 2.25. The number of pyridine rings is 1. The number of carbonyl (C=O) groups excluding carboxylic acids is 1. The molecular weight excluding hydrogens is 291 g/mol. The minimum atomic E-state index is -2.63. The zero-order valence-corrected chi connectivity index (χ0v) is 8.88. The monoisotopic (exact) mass is 297 g/mol. The van der Waals surface area contributed by atoms with Gasteiger partial charge in [-0.2, -0.15) is 0 Å². The Bertz CT molecular complexity index is 341. The topological polar surface area (TPSA) is 30.0 Å². The van der Waals surface area contributed by atoms with Crippen molar-refractivity contribution in [2.75, 3.05) is 0 Å². The summed E-state index contributed by atoms with van der Waals surface area (Å²) in [5.74, 6) is 0. The van der Waals surface area contributed by atoms with E-state index >= 15 is 0 Å². The molecule has 0 saturated heterocycles. The van der Waals surface area contributed by atoms with Crippen molar-refractivity contribution in [2.24, 2.45) is 0 Å². The molecule has 5 heteroatoms. The Morgan fingerprint density at radius 3 is 2.69 bits per heavy atom. The van der Waals surface area contributed by atoms with Crippen LogP contribution in [0.15, 0.2) is 6.20 Å². The smallest absolute Gasteiger partial charge is 0.281 e. The maximum absolute atomic E-state index is 12.3.